The highest BCUT2D eigenvalue weighted by Crippen LogP contribution is 2.64. The van der Waals surface area contributed by atoms with Crippen molar-refractivity contribution in [3.63, 3.8) is 0 Å². The summed E-state index contributed by atoms with van der Waals surface area (Å²) >= 11 is 0. The van der Waals surface area contributed by atoms with E-state index in [0.29, 0.717) is 17.3 Å². The lowest BCUT2D eigenvalue weighted by molar-refractivity contribution is 0.128. The summed E-state index contributed by atoms with van der Waals surface area (Å²) < 4.78 is 0. The molecule has 0 saturated heterocycles. The van der Waals surface area contributed by atoms with Crippen molar-refractivity contribution in [2.75, 3.05) is 0 Å². The number of hydrogen-bond donors (Lipinski definition) is 0. The van der Waals surface area contributed by atoms with Gasteiger partial charge in [-0.05, 0) is 40.4 Å². The first-order chi connectivity index (χ1) is 9.29. The minimum absolute atomic E-state index is 0.301. The van der Waals surface area contributed by atoms with Crippen molar-refractivity contribution in [3.05, 3.63) is 77.4 Å². The van der Waals surface area contributed by atoms with Crippen molar-refractivity contribution in [2.24, 2.45) is 5.41 Å². The molecule has 0 heteroatoms. The van der Waals surface area contributed by atoms with Crippen molar-refractivity contribution in [3.8, 4) is 0 Å². The molecule has 0 nitrogen and oxygen atoms in total. The van der Waals surface area contributed by atoms with E-state index >= 15 is 0 Å². The lowest BCUT2D eigenvalue weighted by Crippen LogP contribution is -2.43. The van der Waals surface area contributed by atoms with Crippen LogP contribution in [0.2, 0.25) is 0 Å². The summed E-state index contributed by atoms with van der Waals surface area (Å²) in [4.78, 5) is 0. The molecule has 3 atom stereocenters. The maximum absolute atomic E-state index is 2.45. The van der Waals surface area contributed by atoms with Gasteiger partial charge in [-0.1, -0.05) is 73.7 Å². The molecule has 94 valence electrons. The molecule has 1 fully saturated rings. The molecule has 2 aliphatic carbocycles. The van der Waals surface area contributed by atoms with E-state index in [1.54, 1.807) is 5.56 Å². The average molecular weight is 246 g/mol. The fraction of sp³-hybridized carbons (Fsp3) is 0.263. The summed E-state index contributed by atoms with van der Waals surface area (Å²) in [5.74, 6) is 1.36. The number of hydrogen-bond acceptors (Lipinski definition) is 0. The quantitative estimate of drug-likeness (QED) is 0.665. The Morgan fingerprint density at radius 1 is 0.895 bits per heavy atom. The van der Waals surface area contributed by atoms with E-state index < -0.39 is 0 Å². The SMILES string of the molecule is C[C@]12C=Cc3ccccc3[C@H]1C[C@H]2c1ccccc1. The van der Waals surface area contributed by atoms with Gasteiger partial charge >= 0.3 is 0 Å². The van der Waals surface area contributed by atoms with Crippen molar-refractivity contribution < 1.29 is 0 Å². The zero-order valence-electron chi connectivity index (χ0n) is 11.2. The molecule has 2 aromatic rings. The summed E-state index contributed by atoms with van der Waals surface area (Å²) in [7, 11) is 0. The fourth-order valence-electron chi connectivity index (χ4n) is 3.95. The van der Waals surface area contributed by atoms with Crippen LogP contribution in [0.1, 0.15) is 41.9 Å². The van der Waals surface area contributed by atoms with Crippen LogP contribution in [0.3, 0.4) is 0 Å². The van der Waals surface area contributed by atoms with E-state index in [4.69, 9.17) is 0 Å². The van der Waals surface area contributed by atoms with Gasteiger partial charge in [0.2, 0.25) is 0 Å². The molecule has 0 aliphatic heterocycles. The Kier molecular flexibility index (Phi) is 2.23. The summed E-state index contributed by atoms with van der Waals surface area (Å²) in [5.41, 5.74) is 4.75. The summed E-state index contributed by atoms with van der Waals surface area (Å²) in [5, 5.41) is 0. The Labute approximate surface area is 114 Å². The molecule has 0 radical (unpaired) electrons. The molecule has 2 aromatic carbocycles. The minimum Gasteiger partial charge on any atom is -0.0768 e. The molecule has 0 amide bonds. The molecule has 19 heavy (non-hydrogen) atoms. The highest BCUT2D eigenvalue weighted by molar-refractivity contribution is 5.62. The first-order valence-corrected chi connectivity index (χ1v) is 7.12. The van der Waals surface area contributed by atoms with Gasteiger partial charge in [0.25, 0.3) is 0 Å². The molecular formula is C19H18. The normalized spacial score (nSPS) is 31.2. The van der Waals surface area contributed by atoms with E-state index in [-0.39, 0.29) is 0 Å². The van der Waals surface area contributed by atoms with E-state index in [2.05, 4.69) is 73.7 Å². The zero-order valence-corrected chi connectivity index (χ0v) is 11.2. The molecule has 0 unspecified atom stereocenters. The highest BCUT2D eigenvalue weighted by atomic mass is 14.6. The first kappa shape index (κ1) is 11.0. The van der Waals surface area contributed by atoms with Gasteiger partial charge < -0.3 is 0 Å². The molecular weight excluding hydrogens is 228 g/mol. The van der Waals surface area contributed by atoms with Crippen molar-refractivity contribution in [2.45, 2.75) is 25.2 Å². The van der Waals surface area contributed by atoms with Gasteiger partial charge in [-0.25, -0.2) is 0 Å². The van der Waals surface area contributed by atoms with Crippen LogP contribution in [0.15, 0.2) is 60.7 Å². The van der Waals surface area contributed by atoms with Crippen molar-refractivity contribution in [1.29, 1.82) is 0 Å². The largest absolute Gasteiger partial charge is 0.0768 e. The predicted octanol–water partition coefficient (Wildman–Crippen LogP) is 4.99. The van der Waals surface area contributed by atoms with Crippen LogP contribution in [0.5, 0.6) is 0 Å². The van der Waals surface area contributed by atoms with Crippen LogP contribution in [0, 0.1) is 5.41 Å². The molecule has 1 saturated carbocycles. The lowest BCUT2D eigenvalue weighted by Gasteiger charge is -2.55. The molecule has 2 aliphatic rings. The van der Waals surface area contributed by atoms with Gasteiger partial charge in [0.15, 0.2) is 0 Å². The van der Waals surface area contributed by atoms with Crippen molar-refractivity contribution >= 4 is 6.08 Å². The first-order valence-electron chi connectivity index (χ1n) is 7.12. The monoisotopic (exact) mass is 246 g/mol. The summed E-state index contributed by atoms with van der Waals surface area (Å²) in [6.45, 7) is 2.42. The summed E-state index contributed by atoms with van der Waals surface area (Å²) in [6, 6.07) is 19.8. The van der Waals surface area contributed by atoms with Gasteiger partial charge in [-0.2, -0.15) is 0 Å². The third-order valence-electron chi connectivity index (χ3n) is 5.17. The Bertz CT molecular complexity index is 638. The van der Waals surface area contributed by atoms with Crippen LogP contribution in [-0.4, -0.2) is 0 Å². The Hall–Kier alpha value is -1.82. The standard InChI is InChI=1S/C19H18/c1-19-12-11-14-7-5-6-10-16(14)18(19)13-17(19)15-8-3-2-4-9-15/h2-12,17-18H,13H2,1H3/t17-,18+,19+/m0/s1. The van der Waals surface area contributed by atoms with Crippen LogP contribution in [0.4, 0.5) is 0 Å². The second kappa shape index (κ2) is 3.84. The van der Waals surface area contributed by atoms with E-state index in [0.717, 1.165) is 0 Å². The molecule has 4 rings (SSSR count). The van der Waals surface area contributed by atoms with Crippen LogP contribution in [0.25, 0.3) is 6.08 Å². The lowest BCUT2D eigenvalue weighted by atomic mass is 9.48. The van der Waals surface area contributed by atoms with Gasteiger partial charge in [0, 0.05) is 0 Å². The third-order valence-corrected chi connectivity index (χ3v) is 5.17. The molecule has 0 heterocycles. The van der Waals surface area contributed by atoms with Gasteiger partial charge in [-0.15, -0.1) is 0 Å². The second-order valence-corrected chi connectivity index (χ2v) is 6.08. The van der Waals surface area contributed by atoms with Gasteiger partial charge in [0.1, 0.15) is 0 Å². The number of benzene rings is 2. The van der Waals surface area contributed by atoms with Crippen LogP contribution < -0.4 is 0 Å². The van der Waals surface area contributed by atoms with Crippen LogP contribution >= 0.6 is 0 Å². The zero-order chi connectivity index (χ0) is 12.9. The molecule has 0 spiro atoms. The highest BCUT2D eigenvalue weighted by Gasteiger charge is 2.52. The maximum Gasteiger partial charge on any atom is -0.000529 e. The smallest absolute Gasteiger partial charge is 0.000529 e. The predicted molar refractivity (Wildman–Crippen MR) is 80.1 cm³/mol. The van der Waals surface area contributed by atoms with Gasteiger partial charge in [0.05, 0.1) is 0 Å². The number of fused-ring (bicyclic) bond motifs is 3. The Morgan fingerprint density at radius 3 is 2.47 bits per heavy atom. The number of rotatable bonds is 1. The second-order valence-electron chi connectivity index (χ2n) is 6.08. The van der Waals surface area contributed by atoms with E-state index in [1.807, 2.05) is 0 Å². The fourth-order valence-corrected chi connectivity index (χ4v) is 3.95. The molecule has 0 aromatic heterocycles. The van der Waals surface area contributed by atoms with E-state index in [1.165, 1.54) is 17.5 Å². The topological polar surface area (TPSA) is 0 Å². The Balaban J connectivity index is 1.75. The minimum atomic E-state index is 0.301. The average Bonchev–Trinajstić information content (AvgIpc) is 2.45. The number of allylic oxidation sites excluding steroid dienone is 1. The summed E-state index contributed by atoms with van der Waals surface area (Å²) in [6.07, 6.45) is 6.05. The van der Waals surface area contributed by atoms with E-state index in [9.17, 15) is 0 Å². The molecule has 0 N–H and O–H groups in total. The molecule has 0 bridgehead atoms. The van der Waals surface area contributed by atoms with Gasteiger partial charge in [-0.3, -0.25) is 0 Å². The van der Waals surface area contributed by atoms with Crippen molar-refractivity contribution in [1.82, 2.24) is 0 Å². The van der Waals surface area contributed by atoms with Crippen LogP contribution in [-0.2, 0) is 0 Å². The maximum atomic E-state index is 2.45. The Morgan fingerprint density at radius 2 is 1.63 bits per heavy atom. The third kappa shape index (κ3) is 1.46.